The summed E-state index contributed by atoms with van der Waals surface area (Å²) in [5, 5.41) is 25.2. The second-order valence-corrected chi connectivity index (χ2v) is 11.9. The van der Waals surface area contributed by atoms with Crippen molar-refractivity contribution in [2.24, 2.45) is 0 Å². The highest BCUT2D eigenvalue weighted by atomic mass is 32.2. The van der Waals surface area contributed by atoms with Crippen LogP contribution < -0.4 is 26.0 Å². The third kappa shape index (κ3) is 5.47. The molecule has 3 aromatic rings. The molecular formula is C26H27N9O4S. The highest BCUT2D eigenvalue weighted by Gasteiger charge is 2.28. The number of aromatic nitrogens is 3. The van der Waals surface area contributed by atoms with E-state index in [-0.39, 0.29) is 22.7 Å². The van der Waals surface area contributed by atoms with Gasteiger partial charge in [0.05, 0.1) is 22.7 Å². The molecule has 0 atom stereocenters. The van der Waals surface area contributed by atoms with E-state index in [9.17, 15) is 18.0 Å². The maximum atomic E-state index is 12.9. The van der Waals surface area contributed by atoms with Gasteiger partial charge in [0, 0.05) is 29.8 Å². The van der Waals surface area contributed by atoms with Gasteiger partial charge in [-0.15, -0.1) is 0 Å². The van der Waals surface area contributed by atoms with Crippen molar-refractivity contribution in [2.75, 3.05) is 10.6 Å². The normalized spacial score (nSPS) is 22.1. The molecule has 0 spiro atoms. The van der Waals surface area contributed by atoms with Crippen LogP contribution in [0, 0.1) is 11.3 Å². The molecule has 1 aromatic carbocycles. The van der Waals surface area contributed by atoms with Crippen LogP contribution in [-0.2, 0) is 14.8 Å². The van der Waals surface area contributed by atoms with Gasteiger partial charge in [-0.25, -0.2) is 22.9 Å². The van der Waals surface area contributed by atoms with E-state index in [4.69, 9.17) is 10.2 Å². The Labute approximate surface area is 230 Å². The molecule has 206 valence electrons. The van der Waals surface area contributed by atoms with Gasteiger partial charge in [-0.1, -0.05) is 6.07 Å². The number of fused-ring (bicyclic) bond motifs is 1. The molecule has 3 aliphatic rings. The smallest absolute Gasteiger partial charge is 0.326 e. The fraction of sp³-hybridized carbons (Fsp3) is 0.346. The monoisotopic (exact) mass is 561 g/mol. The number of rotatable bonds is 8. The highest BCUT2D eigenvalue weighted by Crippen LogP contribution is 2.29. The van der Waals surface area contributed by atoms with E-state index < -0.39 is 22.0 Å². The van der Waals surface area contributed by atoms with Gasteiger partial charge in [-0.2, -0.15) is 14.9 Å². The quantitative estimate of drug-likeness (QED) is 0.203. The number of nitriles is 1. The molecule has 0 radical (unpaired) electrons. The molecule has 3 heterocycles. The van der Waals surface area contributed by atoms with Crippen molar-refractivity contribution in [3.05, 3.63) is 53.4 Å². The molecule has 13 nitrogen and oxygen atoms in total. The van der Waals surface area contributed by atoms with Crippen LogP contribution in [0.15, 0.2) is 47.1 Å². The van der Waals surface area contributed by atoms with Crippen molar-refractivity contribution in [1.29, 1.82) is 5.26 Å². The first kappa shape index (κ1) is 25.8. The zero-order valence-corrected chi connectivity index (χ0v) is 22.2. The van der Waals surface area contributed by atoms with Gasteiger partial charge >= 0.3 is 6.03 Å². The lowest BCUT2D eigenvalue weighted by Crippen LogP contribution is -2.40. The first-order chi connectivity index (χ1) is 19.3. The van der Waals surface area contributed by atoms with E-state index in [1.807, 2.05) is 12.1 Å². The van der Waals surface area contributed by atoms with Gasteiger partial charge < -0.3 is 16.0 Å². The molecule has 3 fully saturated rings. The Balaban J connectivity index is 1.17. The van der Waals surface area contributed by atoms with Crippen LogP contribution in [0.3, 0.4) is 0 Å². The van der Waals surface area contributed by atoms with Crippen LogP contribution in [0.25, 0.3) is 11.7 Å². The third-order valence-corrected chi connectivity index (χ3v) is 8.64. The lowest BCUT2D eigenvalue weighted by Gasteiger charge is -2.30. The van der Waals surface area contributed by atoms with Crippen LogP contribution in [0.2, 0.25) is 0 Å². The Morgan fingerprint density at radius 3 is 2.42 bits per heavy atom. The summed E-state index contributed by atoms with van der Waals surface area (Å²) in [6.45, 7) is 0. The minimum Gasteiger partial charge on any atom is -0.367 e. The Morgan fingerprint density at radius 1 is 1.00 bits per heavy atom. The summed E-state index contributed by atoms with van der Waals surface area (Å²) in [6, 6.07) is 9.51. The molecule has 0 bridgehead atoms. The van der Waals surface area contributed by atoms with Gasteiger partial charge in [-0.3, -0.25) is 10.1 Å². The van der Waals surface area contributed by atoms with Crippen molar-refractivity contribution >= 4 is 45.3 Å². The Morgan fingerprint density at radius 2 is 1.73 bits per heavy atom. The zero-order valence-electron chi connectivity index (χ0n) is 21.3. The molecule has 40 heavy (non-hydrogen) atoms. The topological polar surface area (TPSA) is 182 Å². The summed E-state index contributed by atoms with van der Waals surface area (Å²) in [5.41, 5.74) is 1.52. The van der Waals surface area contributed by atoms with E-state index in [1.165, 1.54) is 12.1 Å². The van der Waals surface area contributed by atoms with Crippen LogP contribution >= 0.6 is 0 Å². The van der Waals surface area contributed by atoms with Crippen molar-refractivity contribution in [3.63, 3.8) is 0 Å². The third-order valence-electron chi connectivity index (χ3n) is 7.12. The van der Waals surface area contributed by atoms with Gasteiger partial charge in [0.2, 0.25) is 10.0 Å². The van der Waals surface area contributed by atoms with E-state index in [0.717, 1.165) is 31.5 Å². The van der Waals surface area contributed by atoms with Crippen LogP contribution in [0.1, 0.15) is 49.7 Å². The number of sulfonamides is 1. The molecule has 6 rings (SSSR count). The largest absolute Gasteiger partial charge is 0.367 e. The summed E-state index contributed by atoms with van der Waals surface area (Å²) in [7, 11) is -3.73. The number of nitrogens with one attached hydrogen (secondary N) is 5. The number of anilines is 2. The highest BCUT2D eigenvalue weighted by molar-refractivity contribution is 7.89. The SMILES string of the molecule is N#Cc1cccc(S(=O)(=O)N[C@H]2CC[C@H](Nc3cc(NC4CC4)n4ncc(/C=C5\NC(=O)NC5=O)c4n3)CC2)c1. The number of urea groups is 1. The number of hydrogen-bond acceptors (Lipinski definition) is 9. The maximum Gasteiger partial charge on any atom is 0.326 e. The second kappa shape index (κ2) is 10.2. The molecule has 1 saturated heterocycles. The summed E-state index contributed by atoms with van der Waals surface area (Å²) in [5.74, 6) is 0.883. The summed E-state index contributed by atoms with van der Waals surface area (Å²) in [4.78, 5) is 28.4. The molecule has 1 aliphatic heterocycles. The maximum absolute atomic E-state index is 12.9. The lowest BCUT2D eigenvalue weighted by atomic mass is 9.92. The minimum absolute atomic E-state index is 0.0796. The van der Waals surface area contributed by atoms with Crippen molar-refractivity contribution in [1.82, 2.24) is 30.0 Å². The Hall–Kier alpha value is -4.48. The van der Waals surface area contributed by atoms with E-state index in [2.05, 4.69) is 31.1 Å². The predicted octanol–water partition coefficient (Wildman–Crippen LogP) is 2.06. The number of carbonyl (C=O) groups excluding carboxylic acids is 2. The molecule has 3 amide bonds. The van der Waals surface area contributed by atoms with Crippen LogP contribution in [-0.4, -0.2) is 53.1 Å². The van der Waals surface area contributed by atoms with E-state index in [1.54, 1.807) is 28.9 Å². The molecule has 5 N–H and O–H groups in total. The molecule has 2 aromatic heterocycles. The number of carbonyl (C=O) groups is 2. The van der Waals surface area contributed by atoms with Crippen LogP contribution in [0.4, 0.5) is 16.4 Å². The first-order valence-corrected chi connectivity index (χ1v) is 14.5. The first-order valence-electron chi connectivity index (χ1n) is 13.1. The van der Waals surface area contributed by atoms with E-state index >= 15 is 0 Å². The fourth-order valence-electron chi connectivity index (χ4n) is 4.92. The Kier molecular flexibility index (Phi) is 6.60. The van der Waals surface area contributed by atoms with Crippen molar-refractivity contribution in [2.45, 2.75) is 61.5 Å². The number of nitrogens with zero attached hydrogens (tertiary/aromatic N) is 4. The molecule has 2 aliphatic carbocycles. The van der Waals surface area contributed by atoms with Gasteiger partial charge in [0.1, 0.15) is 17.3 Å². The minimum atomic E-state index is -3.73. The van der Waals surface area contributed by atoms with Gasteiger partial charge in [0.25, 0.3) is 5.91 Å². The fourth-order valence-corrected chi connectivity index (χ4v) is 6.27. The molecule has 0 unspecified atom stereocenters. The van der Waals surface area contributed by atoms with Crippen molar-refractivity contribution < 1.29 is 18.0 Å². The molecule has 2 saturated carbocycles. The zero-order chi connectivity index (χ0) is 27.9. The molecular weight excluding hydrogens is 534 g/mol. The number of imide groups is 1. The molecule has 14 heteroatoms. The number of amides is 3. The van der Waals surface area contributed by atoms with Crippen LogP contribution in [0.5, 0.6) is 0 Å². The summed E-state index contributed by atoms with van der Waals surface area (Å²) < 4.78 is 30.2. The van der Waals surface area contributed by atoms with E-state index in [0.29, 0.717) is 41.5 Å². The number of hydrogen-bond donors (Lipinski definition) is 5. The lowest BCUT2D eigenvalue weighted by molar-refractivity contribution is -0.115. The van der Waals surface area contributed by atoms with Gasteiger partial charge in [-0.05, 0) is 62.8 Å². The summed E-state index contributed by atoms with van der Waals surface area (Å²) >= 11 is 0. The second-order valence-electron chi connectivity index (χ2n) is 10.2. The Bertz CT molecular complexity index is 1680. The standard InChI is InChI=1S/C26H27N9O4S/c27-13-15-2-1-3-20(10-15)40(38,39)34-19-8-6-17(7-9-19)29-22-12-23(30-18-4-5-18)35-24(32-22)16(14-28-35)11-21-25(36)33-26(37)31-21/h1-3,10-12,14,17-19,30,34H,4-9H2,(H,29,32)(H2,31,33,36,37)/b21-11-/t17-,19-. The summed E-state index contributed by atoms with van der Waals surface area (Å²) in [6.07, 6.45) is 8.02. The average molecular weight is 562 g/mol. The number of benzene rings is 1. The van der Waals surface area contributed by atoms with Crippen molar-refractivity contribution in [3.8, 4) is 6.07 Å². The predicted molar refractivity (Wildman–Crippen MR) is 145 cm³/mol. The van der Waals surface area contributed by atoms with Gasteiger partial charge in [0.15, 0.2) is 5.65 Å². The average Bonchev–Trinajstić information content (AvgIpc) is 3.57.